The van der Waals surface area contributed by atoms with Gasteiger partial charge in [-0.25, -0.2) is 8.78 Å². The van der Waals surface area contributed by atoms with Crippen LogP contribution in [-0.4, -0.2) is 32.4 Å². The number of aromatic nitrogens is 3. The molecule has 3 aliphatic rings. The van der Waals surface area contributed by atoms with Crippen LogP contribution in [0.3, 0.4) is 0 Å². The summed E-state index contributed by atoms with van der Waals surface area (Å²) in [6.45, 7) is 0.434. The second kappa shape index (κ2) is 6.91. The lowest BCUT2D eigenvalue weighted by Gasteiger charge is -2.43. The highest BCUT2D eigenvalue weighted by Gasteiger charge is 2.46. The number of carbonyl (C=O) groups is 1. The summed E-state index contributed by atoms with van der Waals surface area (Å²) in [7, 11) is 0. The lowest BCUT2D eigenvalue weighted by atomic mass is 9.66. The van der Waals surface area contributed by atoms with Crippen LogP contribution in [0, 0.1) is 23.5 Å². The molecule has 0 bridgehead atoms. The standard InChI is InChI=1S/C26H21F2N3O3/c27-19-4-2-14(9-20(19)28)31-22-8-13-11-29-30-21(13)10-17(22)18-7-12-1-3-16(26(32)33)25-23(12)15(24(18)31)5-6-34-25/h2,4,8-12,15-16H,1,3,5-7H2,(H,29,30)(H,32,33)/t12-,15?,16-/m1/s1. The molecular formula is C26H21F2N3O3. The first-order valence-corrected chi connectivity index (χ1v) is 11.6. The van der Waals surface area contributed by atoms with Crippen molar-refractivity contribution in [2.24, 2.45) is 11.8 Å². The number of aliphatic carboxylic acids is 1. The first-order valence-electron chi connectivity index (χ1n) is 11.6. The van der Waals surface area contributed by atoms with Crippen molar-refractivity contribution < 1.29 is 23.4 Å². The molecule has 0 saturated heterocycles. The number of aromatic amines is 1. The van der Waals surface area contributed by atoms with Crippen LogP contribution < -0.4 is 0 Å². The van der Waals surface area contributed by atoms with Gasteiger partial charge in [0, 0.05) is 34.1 Å². The molecule has 4 aromatic rings. The number of benzene rings is 2. The molecule has 3 atom stereocenters. The van der Waals surface area contributed by atoms with E-state index in [1.54, 1.807) is 12.3 Å². The molecule has 34 heavy (non-hydrogen) atoms. The van der Waals surface area contributed by atoms with Crippen LogP contribution >= 0.6 is 0 Å². The molecule has 0 saturated carbocycles. The van der Waals surface area contributed by atoms with Crippen molar-refractivity contribution in [1.29, 1.82) is 0 Å². The van der Waals surface area contributed by atoms with Crippen molar-refractivity contribution in [1.82, 2.24) is 14.8 Å². The summed E-state index contributed by atoms with van der Waals surface area (Å²) in [5.41, 5.74) is 5.67. The largest absolute Gasteiger partial charge is 0.497 e. The van der Waals surface area contributed by atoms with E-state index >= 15 is 0 Å². The molecule has 6 nitrogen and oxygen atoms in total. The van der Waals surface area contributed by atoms with Crippen LogP contribution in [0.1, 0.15) is 36.4 Å². The monoisotopic (exact) mass is 461 g/mol. The maximum Gasteiger partial charge on any atom is 0.314 e. The van der Waals surface area contributed by atoms with Crippen LogP contribution in [0.2, 0.25) is 0 Å². The van der Waals surface area contributed by atoms with Gasteiger partial charge in [0.25, 0.3) is 0 Å². The molecule has 7 rings (SSSR count). The Bertz CT molecular complexity index is 1550. The van der Waals surface area contributed by atoms with E-state index in [1.807, 2.05) is 10.6 Å². The van der Waals surface area contributed by atoms with E-state index in [1.165, 1.54) is 11.6 Å². The smallest absolute Gasteiger partial charge is 0.314 e. The number of carboxylic acids is 1. The number of H-pyrrole nitrogens is 1. The number of fused-ring (bicyclic) bond motifs is 5. The van der Waals surface area contributed by atoms with Gasteiger partial charge in [-0.05, 0) is 67.0 Å². The molecular weight excluding hydrogens is 440 g/mol. The predicted molar refractivity (Wildman–Crippen MR) is 121 cm³/mol. The molecule has 172 valence electrons. The highest BCUT2D eigenvalue weighted by atomic mass is 19.2. The van der Waals surface area contributed by atoms with Crippen molar-refractivity contribution >= 4 is 27.8 Å². The number of nitrogens with one attached hydrogen (secondary N) is 1. The number of allylic oxidation sites excluding steroid dienone is 1. The molecule has 0 spiro atoms. The maximum atomic E-state index is 14.4. The van der Waals surface area contributed by atoms with Crippen LogP contribution in [0.4, 0.5) is 8.78 Å². The molecule has 0 amide bonds. The zero-order chi connectivity index (χ0) is 23.1. The second-order valence-electron chi connectivity index (χ2n) is 9.50. The molecule has 8 heteroatoms. The van der Waals surface area contributed by atoms with Crippen LogP contribution in [0.15, 0.2) is 47.9 Å². The number of carboxylic acid groups (broad SMARTS) is 1. The molecule has 2 aliphatic carbocycles. The molecule has 2 N–H and O–H groups in total. The number of halogens is 2. The summed E-state index contributed by atoms with van der Waals surface area (Å²) in [5, 5.41) is 19.0. The molecule has 1 aliphatic heterocycles. The van der Waals surface area contributed by atoms with Crippen molar-refractivity contribution in [3.05, 3.63) is 70.8 Å². The van der Waals surface area contributed by atoms with Crippen molar-refractivity contribution in [2.75, 3.05) is 6.61 Å². The Balaban J connectivity index is 1.56. The molecule has 1 unspecified atom stereocenters. The van der Waals surface area contributed by atoms with Crippen LogP contribution in [0.25, 0.3) is 27.5 Å². The highest BCUT2D eigenvalue weighted by molar-refractivity contribution is 5.99. The number of ether oxygens (including phenoxy) is 1. The van der Waals surface area contributed by atoms with Gasteiger partial charge in [0.2, 0.25) is 0 Å². The van der Waals surface area contributed by atoms with Crippen LogP contribution in [-0.2, 0) is 16.0 Å². The van der Waals surface area contributed by atoms with E-state index in [0.717, 1.165) is 52.0 Å². The van der Waals surface area contributed by atoms with Gasteiger partial charge in [0.1, 0.15) is 11.7 Å². The highest BCUT2D eigenvalue weighted by Crippen LogP contribution is 2.54. The van der Waals surface area contributed by atoms with Crippen LogP contribution in [0.5, 0.6) is 0 Å². The van der Waals surface area contributed by atoms with E-state index < -0.39 is 23.5 Å². The van der Waals surface area contributed by atoms with Crippen molar-refractivity contribution in [3.63, 3.8) is 0 Å². The van der Waals surface area contributed by atoms with Gasteiger partial charge in [-0.1, -0.05) is 0 Å². The van der Waals surface area contributed by atoms with Gasteiger partial charge in [0.05, 0.1) is 23.8 Å². The van der Waals surface area contributed by atoms with Gasteiger partial charge in [0.15, 0.2) is 11.6 Å². The number of hydrogen-bond donors (Lipinski definition) is 2. The second-order valence-corrected chi connectivity index (χ2v) is 9.50. The summed E-state index contributed by atoms with van der Waals surface area (Å²) >= 11 is 0. The minimum atomic E-state index is -0.901. The van der Waals surface area contributed by atoms with E-state index in [4.69, 9.17) is 4.74 Å². The Morgan fingerprint density at radius 2 is 2.03 bits per heavy atom. The first-order chi connectivity index (χ1) is 16.5. The summed E-state index contributed by atoms with van der Waals surface area (Å²) in [5.74, 6) is -2.47. The third kappa shape index (κ3) is 2.59. The summed E-state index contributed by atoms with van der Waals surface area (Å²) in [6.07, 6.45) is 4.58. The SMILES string of the molecule is O=C(O)[C@@H]1CC[C@@H]2Cc3c(n(-c4ccc(F)c(F)c4)c4cc5cn[nH]c5cc34)C3CCOC1=C32. The minimum Gasteiger partial charge on any atom is -0.497 e. The van der Waals surface area contributed by atoms with E-state index in [0.29, 0.717) is 30.9 Å². The summed E-state index contributed by atoms with van der Waals surface area (Å²) in [6, 6.07) is 8.10. The Kier molecular flexibility index (Phi) is 4.02. The maximum absolute atomic E-state index is 14.4. The van der Waals surface area contributed by atoms with Gasteiger partial charge in [-0.15, -0.1) is 0 Å². The summed E-state index contributed by atoms with van der Waals surface area (Å²) < 4.78 is 36.2. The van der Waals surface area contributed by atoms with E-state index in [2.05, 4.69) is 16.3 Å². The first kappa shape index (κ1) is 19.8. The van der Waals surface area contributed by atoms with Gasteiger partial charge in [-0.2, -0.15) is 5.10 Å². The fourth-order valence-electron chi connectivity index (χ4n) is 6.41. The Hall–Kier alpha value is -3.68. The molecule has 0 radical (unpaired) electrons. The fraction of sp³-hybridized carbons (Fsp3) is 0.308. The molecule has 2 aromatic carbocycles. The minimum absolute atomic E-state index is 0.0309. The van der Waals surface area contributed by atoms with Crippen molar-refractivity contribution in [2.45, 2.75) is 31.6 Å². The average Bonchev–Trinajstić information content (AvgIpc) is 3.41. The topological polar surface area (TPSA) is 80.1 Å². The Labute approximate surface area is 192 Å². The van der Waals surface area contributed by atoms with Gasteiger partial charge < -0.3 is 14.4 Å². The normalized spacial score (nSPS) is 23.6. The fourth-order valence-corrected chi connectivity index (χ4v) is 6.41. The zero-order valence-corrected chi connectivity index (χ0v) is 18.1. The lowest BCUT2D eigenvalue weighted by molar-refractivity contribution is -0.142. The Morgan fingerprint density at radius 3 is 2.85 bits per heavy atom. The number of hydrogen-bond acceptors (Lipinski definition) is 3. The third-order valence-corrected chi connectivity index (χ3v) is 7.80. The quantitative estimate of drug-likeness (QED) is 0.430. The third-order valence-electron chi connectivity index (χ3n) is 7.80. The van der Waals surface area contributed by atoms with E-state index in [9.17, 15) is 18.7 Å². The predicted octanol–water partition coefficient (Wildman–Crippen LogP) is 5.21. The van der Waals surface area contributed by atoms with Crippen molar-refractivity contribution in [3.8, 4) is 5.69 Å². The van der Waals surface area contributed by atoms with E-state index in [-0.39, 0.29) is 11.8 Å². The molecule has 3 heterocycles. The molecule has 0 fully saturated rings. The summed E-state index contributed by atoms with van der Waals surface area (Å²) in [4.78, 5) is 12.0. The number of nitrogens with zero attached hydrogens (tertiary/aromatic N) is 2. The Morgan fingerprint density at radius 1 is 1.15 bits per heavy atom. The molecule has 2 aromatic heterocycles. The lowest BCUT2D eigenvalue weighted by Crippen LogP contribution is -2.36. The average molecular weight is 461 g/mol. The van der Waals surface area contributed by atoms with Gasteiger partial charge >= 0.3 is 5.97 Å². The number of rotatable bonds is 2. The zero-order valence-electron chi connectivity index (χ0n) is 18.1. The van der Waals surface area contributed by atoms with Gasteiger partial charge in [-0.3, -0.25) is 9.89 Å².